The van der Waals surface area contributed by atoms with Gasteiger partial charge in [0.05, 0.1) is 0 Å². The number of anilines is 1. The molecule has 1 N–H and O–H groups in total. The van der Waals surface area contributed by atoms with Crippen LogP contribution in [0.1, 0.15) is 0 Å². The van der Waals surface area contributed by atoms with Crippen molar-refractivity contribution in [3.63, 3.8) is 0 Å². The van der Waals surface area contributed by atoms with Gasteiger partial charge in [-0.05, 0) is 0 Å². The lowest BCUT2D eigenvalue weighted by atomic mass is 10.3. The minimum Gasteiger partial charge on any atom is -0.465 e. The van der Waals surface area contributed by atoms with Gasteiger partial charge in [-0.3, -0.25) is 0 Å². The molecule has 0 unspecified atom stereocenters. The number of carboxylic acid groups (broad SMARTS) is 1. The highest BCUT2D eigenvalue weighted by Gasteiger charge is 2.21. The summed E-state index contributed by atoms with van der Waals surface area (Å²) in [6.45, 7) is 2.60. The molecule has 2 heterocycles. The highest BCUT2D eigenvalue weighted by atomic mass is 32.1. The number of carbonyl (C=O) groups is 1. The van der Waals surface area contributed by atoms with Crippen LogP contribution in [-0.4, -0.2) is 47.3 Å². The van der Waals surface area contributed by atoms with Crippen molar-refractivity contribution in [3.05, 3.63) is 11.6 Å². The predicted molar refractivity (Wildman–Crippen MR) is 53.9 cm³/mol. The van der Waals surface area contributed by atoms with Crippen LogP contribution in [0.5, 0.6) is 0 Å². The number of rotatable bonds is 1. The molecule has 1 aromatic heterocycles. The first-order valence-corrected chi connectivity index (χ1v) is 5.27. The predicted octanol–water partition coefficient (Wildman–Crippen LogP) is 0.943. The Bertz CT molecular complexity index is 306. The molecule has 76 valence electrons. The Kier molecular flexibility index (Phi) is 2.53. The summed E-state index contributed by atoms with van der Waals surface area (Å²) in [7, 11) is 0. The van der Waals surface area contributed by atoms with Crippen molar-refractivity contribution in [1.82, 2.24) is 9.88 Å². The Hall–Kier alpha value is -1.30. The van der Waals surface area contributed by atoms with Crippen molar-refractivity contribution in [1.29, 1.82) is 0 Å². The van der Waals surface area contributed by atoms with E-state index in [1.165, 1.54) is 4.90 Å². The minimum absolute atomic E-state index is 0.564. The molecule has 0 aromatic carbocycles. The number of nitrogens with zero attached hydrogens (tertiary/aromatic N) is 3. The standard InChI is InChI=1S/C8H11N3O2S/c12-8(13)11-4-2-10(3-5-11)7-9-1-6-14-7/h1,6H,2-5H2,(H,12,13). The van der Waals surface area contributed by atoms with Crippen molar-refractivity contribution in [2.24, 2.45) is 0 Å². The van der Waals surface area contributed by atoms with Crippen LogP contribution < -0.4 is 4.90 Å². The van der Waals surface area contributed by atoms with Gasteiger partial charge in [0.1, 0.15) is 0 Å². The maximum Gasteiger partial charge on any atom is 0.407 e. The van der Waals surface area contributed by atoms with Crippen LogP contribution in [0.2, 0.25) is 0 Å². The average Bonchev–Trinajstić information content (AvgIpc) is 2.71. The molecule has 0 radical (unpaired) electrons. The number of aromatic nitrogens is 1. The first kappa shape index (κ1) is 9.26. The fourth-order valence-corrected chi connectivity index (χ4v) is 2.16. The van der Waals surface area contributed by atoms with Crippen molar-refractivity contribution < 1.29 is 9.90 Å². The summed E-state index contributed by atoms with van der Waals surface area (Å²) in [5, 5.41) is 11.7. The summed E-state index contributed by atoms with van der Waals surface area (Å²) in [5.41, 5.74) is 0. The zero-order valence-corrected chi connectivity index (χ0v) is 8.40. The van der Waals surface area contributed by atoms with E-state index >= 15 is 0 Å². The van der Waals surface area contributed by atoms with Gasteiger partial charge >= 0.3 is 6.09 Å². The van der Waals surface area contributed by atoms with E-state index < -0.39 is 6.09 Å². The van der Waals surface area contributed by atoms with Gasteiger partial charge < -0.3 is 14.9 Å². The minimum atomic E-state index is -0.830. The van der Waals surface area contributed by atoms with Gasteiger partial charge in [-0.25, -0.2) is 9.78 Å². The van der Waals surface area contributed by atoms with E-state index in [2.05, 4.69) is 9.88 Å². The molecule has 1 fully saturated rings. The topological polar surface area (TPSA) is 56.7 Å². The summed E-state index contributed by atoms with van der Waals surface area (Å²) in [5.74, 6) is 0. The Balaban J connectivity index is 1.93. The third-order valence-corrected chi connectivity index (χ3v) is 3.07. The van der Waals surface area contributed by atoms with Crippen LogP contribution in [0.25, 0.3) is 0 Å². The zero-order chi connectivity index (χ0) is 9.97. The third-order valence-electron chi connectivity index (χ3n) is 2.24. The highest BCUT2D eigenvalue weighted by molar-refractivity contribution is 7.13. The number of thiazole rings is 1. The highest BCUT2D eigenvalue weighted by Crippen LogP contribution is 2.18. The first-order valence-electron chi connectivity index (χ1n) is 4.39. The summed E-state index contributed by atoms with van der Waals surface area (Å²) < 4.78 is 0. The van der Waals surface area contributed by atoms with E-state index in [9.17, 15) is 4.79 Å². The molecular weight excluding hydrogens is 202 g/mol. The Morgan fingerprint density at radius 2 is 2.14 bits per heavy atom. The molecular formula is C8H11N3O2S. The molecule has 2 rings (SSSR count). The molecule has 0 saturated carbocycles. The quantitative estimate of drug-likeness (QED) is 0.754. The third kappa shape index (κ3) is 1.79. The molecule has 1 saturated heterocycles. The number of hydrogen-bond acceptors (Lipinski definition) is 4. The molecule has 1 aliphatic rings. The second kappa shape index (κ2) is 3.83. The largest absolute Gasteiger partial charge is 0.465 e. The van der Waals surface area contributed by atoms with Gasteiger partial charge in [0, 0.05) is 37.8 Å². The number of piperazine rings is 1. The van der Waals surface area contributed by atoms with Gasteiger partial charge in [-0.1, -0.05) is 0 Å². The van der Waals surface area contributed by atoms with E-state index in [1.54, 1.807) is 17.5 Å². The second-order valence-electron chi connectivity index (χ2n) is 3.07. The molecule has 6 heteroatoms. The number of hydrogen-bond donors (Lipinski definition) is 1. The first-order chi connectivity index (χ1) is 6.77. The second-order valence-corrected chi connectivity index (χ2v) is 3.94. The van der Waals surface area contributed by atoms with Crippen LogP contribution in [-0.2, 0) is 0 Å². The van der Waals surface area contributed by atoms with Crippen molar-refractivity contribution in [3.8, 4) is 0 Å². The normalized spacial score (nSPS) is 17.1. The average molecular weight is 213 g/mol. The SMILES string of the molecule is O=C(O)N1CCN(c2nccs2)CC1. The van der Waals surface area contributed by atoms with Crippen molar-refractivity contribution in [2.45, 2.75) is 0 Å². The fourth-order valence-electron chi connectivity index (χ4n) is 1.46. The Morgan fingerprint density at radius 1 is 1.43 bits per heavy atom. The smallest absolute Gasteiger partial charge is 0.407 e. The molecule has 0 atom stereocenters. The van der Waals surface area contributed by atoms with Crippen LogP contribution in [0.15, 0.2) is 11.6 Å². The van der Waals surface area contributed by atoms with Crippen LogP contribution in [0.4, 0.5) is 9.93 Å². The lowest BCUT2D eigenvalue weighted by molar-refractivity contribution is 0.142. The van der Waals surface area contributed by atoms with E-state index in [0.29, 0.717) is 13.1 Å². The summed E-state index contributed by atoms with van der Waals surface area (Å²) in [6.07, 6.45) is 0.938. The summed E-state index contributed by atoms with van der Waals surface area (Å²) >= 11 is 1.59. The fraction of sp³-hybridized carbons (Fsp3) is 0.500. The number of amides is 1. The molecule has 1 aromatic rings. The van der Waals surface area contributed by atoms with E-state index in [1.807, 2.05) is 5.38 Å². The molecule has 1 amide bonds. The molecule has 5 nitrogen and oxygen atoms in total. The van der Waals surface area contributed by atoms with Gasteiger partial charge in [0.15, 0.2) is 5.13 Å². The van der Waals surface area contributed by atoms with Gasteiger partial charge in [0.25, 0.3) is 0 Å². The van der Waals surface area contributed by atoms with Gasteiger partial charge in [-0.2, -0.15) is 0 Å². The monoisotopic (exact) mass is 213 g/mol. The van der Waals surface area contributed by atoms with E-state index in [4.69, 9.17) is 5.11 Å². The van der Waals surface area contributed by atoms with Crippen LogP contribution in [0.3, 0.4) is 0 Å². The Morgan fingerprint density at radius 3 is 2.64 bits per heavy atom. The Labute approximate surface area is 85.6 Å². The molecule has 0 aliphatic carbocycles. The van der Waals surface area contributed by atoms with Gasteiger partial charge in [-0.15, -0.1) is 11.3 Å². The lowest BCUT2D eigenvalue weighted by Gasteiger charge is -2.32. The van der Waals surface area contributed by atoms with Crippen LogP contribution >= 0.6 is 11.3 Å². The summed E-state index contributed by atoms with van der Waals surface area (Å²) in [6, 6.07) is 0. The van der Waals surface area contributed by atoms with E-state index in [0.717, 1.165) is 18.2 Å². The molecule has 0 bridgehead atoms. The summed E-state index contributed by atoms with van der Waals surface area (Å²) in [4.78, 5) is 18.4. The molecule has 14 heavy (non-hydrogen) atoms. The molecule has 1 aliphatic heterocycles. The van der Waals surface area contributed by atoms with Crippen molar-refractivity contribution >= 4 is 22.6 Å². The molecule has 0 spiro atoms. The lowest BCUT2D eigenvalue weighted by Crippen LogP contribution is -2.48. The maximum absolute atomic E-state index is 10.6. The van der Waals surface area contributed by atoms with E-state index in [-0.39, 0.29) is 0 Å². The zero-order valence-electron chi connectivity index (χ0n) is 7.59. The van der Waals surface area contributed by atoms with Crippen molar-refractivity contribution in [2.75, 3.05) is 31.1 Å². The van der Waals surface area contributed by atoms with Gasteiger partial charge in [0.2, 0.25) is 0 Å². The maximum atomic E-state index is 10.6. The van der Waals surface area contributed by atoms with Crippen LogP contribution in [0, 0.1) is 0 Å².